The van der Waals surface area contributed by atoms with E-state index in [0.29, 0.717) is 49.5 Å². The number of pyridine rings is 1. The monoisotopic (exact) mass is 505 g/mol. The number of hydrogen-bond donors (Lipinski definition) is 0. The maximum atomic E-state index is 13.5. The average Bonchev–Trinajstić information content (AvgIpc) is 3.46. The Bertz CT molecular complexity index is 1280. The van der Waals surface area contributed by atoms with Gasteiger partial charge >= 0.3 is 0 Å². The molecule has 0 bridgehead atoms. The number of hydrogen-bond acceptors (Lipinski definition) is 6. The fraction of sp³-hybridized carbons (Fsp3) is 0.500. The van der Waals surface area contributed by atoms with Gasteiger partial charge in [0.25, 0.3) is 5.91 Å². The molecule has 2 aliphatic heterocycles. The number of ether oxygens (including phenoxy) is 2. The summed E-state index contributed by atoms with van der Waals surface area (Å²) < 4.78 is 13.1. The molecule has 2 saturated heterocycles. The summed E-state index contributed by atoms with van der Waals surface area (Å²) in [7, 11) is 3.42. The molecule has 2 aromatic heterocycles. The third-order valence-corrected chi connectivity index (χ3v) is 7.86. The first-order valence-corrected chi connectivity index (χ1v) is 13.0. The summed E-state index contributed by atoms with van der Waals surface area (Å²) in [4.78, 5) is 34.7. The molecular weight excluding hydrogens is 470 g/mol. The van der Waals surface area contributed by atoms with Crippen LogP contribution in [-0.2, 0) is 11.8 Å². The Balaban J connectivity index is 1.15. The predicted molar refractivity (Wildman–Crippen MR) is 140 cm³/mol. The number of piperidine rings is 1. The van der Waals surface area contributed by atoms with Gasteiger partial charge in [-0.05, 0) is 50.2 Å². The summed E-state index contributed by atoms with van der Waals surface area (Å²) in [6, 6.07) is 9.68. The first-order chi connectivity index (χ1) is 17.9. The zero-order chi connectivity index (χ0) is 26.0. The van der Waals surface area contributed by atoms with Crippen molar-refractivity contribution in [1.29, 1.82) is 0 Å². The second kappa shape index (κ2) is 10.4. The van der Waals surface area contributed by atoms with Gasteiger partial charge in [0.2, 0.25) is 5.91 Å². The number of para-hydroxylation sites is 1. The lowest BCUT2D eigenvalue weighted by Gasteiger charge is -2.39. The zero-order valence-electron chi connectivity index (χ0n) is 21.9. The minimum atomic E-state index is -0.0525. The fourth-order valence-electron chi connectivity index (χ4n) is 5.75. The van der Waals surface area contributed by atoms with Gasteiger partial charge in [-0.3, -0.25) is 14.3 Å². The quantitative estimate of drug-likeness (QED) is 0.456. The zero-order valence-corrected chi connectivity index (χ0v) is 21.9. The normalized spacial score (nSPS) is 16.9. The van der Waals surface area contributed by atoms with E-state index in [0.717, 1.165) is 49.2 Å². The molecule has 196 valence electrons. The topological polar surface area (TPSA) is 89.8 Å². The Hall–Kier alpha value is -3.62. The van der Waals surface area contributed by atoms with Crippen molar-refractivity contribution in [1.82, 2.24) is 24.6 Å². The van der Waals surface area contributed by atoms with E-state index in [1.54, 1.807) is 18.0 Å². The second-order valence-corrected chi connectivity index (χ2v) is 10.2. The number of carbonyl (C=O) groups excluding carboxylic acids is 2. The Morgan fingerprint density at radius 2 is 1.76 bits per heavy atom. The third kappa shape index (κ3) is 4.99. The smallest absolute Gasteiger partial charge is 0.259 e. The summed E-state index contributed by atoms with van der Waals surface area (Å²) >= 11 is 0. The van der Waals surface area contributed by atoms with Crippen molar-refractivity contribution in [3.8, 4) is 11.5 Å². The molecule has 9 nitrogen and oxygen atoms in total. The number of amides is 2. The average molecular weight is 506 g/mol. The molecule has 4 heterocycles. The molecule has 0 unspecified atom stereocenters. The number of nitrogens with zero attached hydrogens (tertiary/aromatic N) is 5. The molecule has 37 heavy (non-hydrogen) atoms. The largest absolute Gasteiger partial charge is 0.495 e. The molecule has 0 N–H and O–H groups in total. The van der Waals surface area contributed by atoms with Crippen molar-refractivity contribution in [2.24, 2.45) is 12.5 Å². The van der Waals surface area contributed by atoms with Gasteiger partial charge in [-0.2, -0.15) is 5.10 Å². The Morgan fingerprint density at radius 1 is 1.05 bits per heavy atom. The maximum Gasteiger partial charge on any atom is 0.259 e. The van der Waals surface area contributed by atoms with Crippen molar-refractivity contribution < 1.29 is 19.1 Å². The van der Waals surface area contributed by atoms with E-state index in [4.69, 9.17) is 9.47 Å². The minimum Gasteiger partial charge on any atom is -0.495 e. The number of benzene rings is 1. The molecular formula is C28H35N5O4. The van der Waals surface area contributed by atoms with E-state index in [1.165, 1.54) is 0 Å². The number of fused-ring (bicyclic) bond motifs is 1. The lowest BCUT2D eigenvalue weighted by molar-refractivity contribution is -0.133. The molecule has 2 fully saturated rings. The van der Waals surface area contributed by atoms with Crippen LogP contribution < -0.4 is 9.47 Å². The van der Waals surface area contributed by atoms with Gasteiger partial charge in [0, 0.05) is 45.8 Å². The summed E-state index contributed by atoms with van der Waals surface area (Å²) in [5.74, 6) is 1.51. The maximum absolute atomic E-state index is 13.5. The van der Waals surface area contributed by atoms with Crippen molar-refractivity contribution in [2.45, 2.75) is 39.0 Å². The van der Waals surface area contributed by atoms with Gasteiger partial charge in [-0.1, -0.05) is 18.2 Å². The van der Waals surface area contributed by atoms with Crippen LogP contribution in [0.4, 0.5) is 0 Å². The molecule has 0 radical (unpaired) electrons. The van der Waals surface area contributed by atoms with Crippen LogP contribution >= 0.6 is 0 Å². The van der Waals surface area contributed by atoms with Crippen LogP contribution in [0.5, 0.6) is 11.5 Å². The summed E-state index contributed by atoms with van der Waals surface area (Å²) in [6.07, 6.45) is 5.59. The molecule has 1 aromatic carbocycles. The van der Waals surface area contributed by atoms with Crippen LogP contribution in [0.15, 0.2) is 36.5 Å². The highest BCUT2D eigenvalue weighted by molar-refractivity contribution is 6.02. The molecule has 9 heteroatoms. The predicted octanol–water partition coefficient (Wildman–Crippen LogP) is 3.60. The Labute approximate surface area is 217 Å². The standard InChI is InChI=1S/C28H35N5O4/c1-20-24-25(36-3)22(18-29-26(24)31(2)30-20)27(35)33-16-13-28(19-33)11-14-32(15-12-28)23(34)10-7-17-37-21-8-5-4-6-9-21/h4-6,8-9,18H,7,10-17,19H2,1-3H3. The lowest BCUT2D eigenvalue weighted by atomic mass is 9.77. The van der Waals surface area contributed by atoms with E-state index in [9.17, 15) is 9.59 Å². The van der Waals surface area contributed by atoms with E-state index in [-0.39, 0.29) is 17.2 Å². The number of rotatable bonds is 7. The van der Waals surface area contributed by atoms with E-state index in [2.05, 4.69) is 10.1 Å². The van der Waals surface area contributed by atoms with Crippen LogP contribution in [0.3, 0.4) is 0 Å². The molecule has 0 atom stereocenters. The van der Waals surface area contributed by atoms with Crippen LogP contribution in [0.2, 0.25) is 0 Å². The lowest BCUT2D eigenvalue weighted by Crippen LogP contribution is -2.44. The molecule has 2 amide bonds. The SMILES string of the molecule is COc1c(C(=O)N2CCC3(CCN(C(=O)CCCOc4ccccc4)CC3)C2)cnc2c1c(C)nn2C. The van der Waals surface area contributed by atoms with Crippen molar-refractivity contribution >= 4 is 22.8 Å². The molecule has 1 spiro atoms. The van der Waals surface area contributed by atoms with Crippen LogP contribution in [-0.4, -0.2) is 76.3 Å². The van der Waals surface area contributed by atoms with Crippen molar-refractivity contribution in [3.05, 3.63) is 47.8 Å². The summed E-state index contributed by atoms with van der Waals surface area (Å²) in [6.45, 7) is 5.32. The number of methoxy groups -OCH3 is 1. The number of aryl methyl sites for hydroxylation is 2. The van der Waals surface area contributed by atoms with Crippen LogP contribution in [0.1, 0.15) is 48.2 Å². The van der Waals surface area contributed by atoms with Gasteiger partial charge in [-0.25, -0.2) is 4.98 Å². The number of carbonyl (C=O) groups is 2. The highest BCUT2D eigenvalue weighted by Gasteiger charge is 2.43. The Kier molecular flexibility index (Phi) is 7.04. The highest BCUT2D eigenvalue weighted by Crippen LogP contribution is 2.42. The van der Waals surface area contributed by atoms with Crippen molar-refractivity contribution in [2.75, 3.05) is 39.9 Å². The summed E-state index contributed by atoms with van der Waals surface area (Å²) in [5, 5.41) is 5.22. The van der Waals surface area contributed by atoms with Crippen LogP contribution in [0.25, 0.3) is 11.0 Å². The van der Waals surface area contributed by atoms with Gasteiger partial charge in [0.1, 0.15) is 17.1 Å². The van der Waals surface area contributed by atoms with Crippen LogP contribution in [0, 0.1) is 12.3 Å². The van der Waals surface area contributed by atoms with Gasteiger partial charge < -0.3 is 19.3 Å². The third-order valence-electron chi connectivity index (χ3n) is 7.86. The highest BCUT2D eigenvalue weighted by atomic mass is 16.5. The molecule has 2 aliphatic rings. The molecule has 3 aromatic rings. The minimum absolute atomic E-state index is 0.0525. The van der Waals surface area contributed by atoms with Crippen molar-refractivity contribution in [3.63, 3.8) is 0 Å². The Morgan fingerprint density at radius 3 is 2.46 bits per heavy atom. The second-order valence-electron chi connectivity index (χ2n) is 10.2. The summed E-state index contributed by atoms with van der Waals surface area (Å²) in [5.41, 5.74) is 2.04. The van der Waals surface area contributed by atoms with Gasteiger partial charge in [0.05, 0.1) is 24.8 Å². The first kappa shape index (κ1) is 25.0. The first-order valence-electron chi connectivity index (χ1n) is 13.0. The van der Waals surface area contributed by atoms with E-state index < -0.39 is 0 Å². The van der Waals surface area contributed by atoms with Gasteiger partial charge in [-0.15, -0.1) is 0 Å². The number of likely N-dealkylation sites (tertiary alicyclic amines) is 2. The molecule has 5 rings (SSSR count). The number of aromatic nitrogens is 3. The fourth-order valence-corrected chi connectivity index (χ4v) is 5.75. The van der Waals surface area contributed by atoms with Gasteiger partial charge in [0.15, 0.2) is 5.65 Å². The van der Waals surface area contributed by atoms with E-state index >= 15 is 0 Å². The van der Waals surface area contributed by atoms with E-state index in [1.807, 2.05) is 54.1 Å². The molecule has 0 aliphatic carbocycles. The molecule has 0 saturated carbocycles.